The molecule has 0 aliphatic carbocycles. The highest BCUT2D eigenvalue weighted by Gasteiger charge is 2.23. The largest absolute Gasteiger partial charge is 0.350 e. The van der Waals surface area contributed by atoms with Gasteiger partial charge in [0.25, 0.3) is 15.9 Å². The Labute approximate surface area is 156 Å². The van der Waals surface area contributed by atoms with Crippen molar-refractivity contribution in [2.24, 2.45) is 0 Å². The number of rotatable bonds is 6. The lowest BCUT2D eigenvalue weighted by Crippen LogP contribution is -2.32. The Morgan fingerprint density at radius 1 is 1.12 bits per heavy atom. The van der Waals surface area contributed by atoms with Gasteiger partial charge < -0.3 is 5.32 Å². The number of hydrogen-bond acceptors (Lipinski definition) is 3. The molecule has 2 rings (SSSR count). The topological polar surface area (TPSA) is 66.5 Å². The van der Waals surface area contributed by atoms with Gasteiger partial charge in [-0.3, -0.25) is 9.10 Å². The van der Waals surface area contributed by atoms with Gasteiger partial charge >= 0.3 is 0 Å². The molecule has 0 radical (unpaired) electrons. The van der Waals surface area contributed by atoms with Crippen LogP contribution in [0.15, 0.2) is 47.4 Å². The van der Waals surface area contributed by atoms with Gasteiger partial charge in [0.15, 0.2) is 0 Å². The van der Waals surface area contributed by atoms with Crippen molar-refractivity contribution in [1.82, 2.24) is 5.32 Å². The molecule has 26 heavy (non-hydrogen) atoms. The summed E-state index contributed by atoms with van der Waals surface area (Å²) in [6, 6.07) is 11.9. The van der Waals surface area contributed by atoms with E-state index in [1.807, 2.05) is 20.8 Å². The summed E-state index contributed by atoms with van der Waals surface area (Å²) in [4.78, 5) is 12.5. The maximum Gasteiger partial charge on any atom is 0.264 e. The number of carbonyl (C=O) groups excluding carboxylic acids is 1. The Morgan fingerprint density at radius 2 is 1.73 bits per heavy atom. The van der Waals surface area contributed by atoms with Crippen LogP contribution in [0.4, 0.5) is 5.69 Å². The first-order valence-electron chi connectivity index (χ1n) is 8.64. The zero-order valence-corrected chi connectivity index (χ0v) is 16.7. The van der Waals surface area contributed by atoms with E-state index in [0.717, 1.165) is 17.5 Å². The minimum Gasteiger partial charge on any atom is -0.350 e. The molecule has 2 aromatic carbocycles. The molecule has 0 saturated carbocycles. The summed E-state index contributed by atoms with van der Waals surface area (Å²) < 4.78 is 26.9. The van der Waals surface area contributed by atoms with Crippen LogP contribution in [0, 0.1) is 13.8 Å². The van der Waals surface area contributed by atoms with Crippen LogP contribution in [0.2, 0.25) is 0 Å². The van der Waals surface area contributed by atoms with Crippen LogP contribution in [0.1, 0.15) is 41.8 Å². The molecule has 0 aliphatic rings. The number of aryl methyl sites for hydroxylation is 2. The summed E-state index contributed by atoms with van der Waals surface area (Å²) in [6.07, 6.45) is 0.848. The number of nitrogens with one attached hydrogen (secondary N) is 1. The zero-order valence-electron chi connectivity index (χ0n) is 15.9. The lowest BCUT2D eigenvalue weighted by molar-refractivity contribution is 0.0939. The fraction of sp³-hybridized carbons (Fsp3) is 0.350. The monoisotopic (exact) mass is 374 g/mol. The number of amides is 1. The van der Waals surface area contributed by atoms with Crippen molar-refractivity contribution in [3.63, 3.8) is 0 Å². The molecule has 0 bridgehead atoms. The van der Waals surface area contributed by atoms with Gasteiger partial charge in [-0.1, -0.05) is 24.6 Å². The number of hydrogen-bond donors (Lipinski definition) is 1. The molecular weight excluding hydrogens is 348 g/mol. The summed E-state index contributed by atoms with van der Waals surface area (Å²) in [7, 11) is -2.13. The van der Waals surface area contributed by atoms with Crippen LogP contribution in [-0.4, -0.2) is 27.4 Å². The van der Waals surface area contributed by atoms with Crippen molar-refractivity contribution in [2.75, 3.05) is 11.4 Å². The summed E-state index contributed by atoms with van der Waals surface area (Å²) in [6.45, 7) is 7.66. The van der Waals surface area contributed by atoms with Crippen LogP contribution in [0.25, 0.3) is 0 Å². The van der Waals surface area contributed by atoms with E-state index in [1.54, 1.807) is 49.4 Å². The number of carbonyl (C=O) groups is 1. The van der Waals surface area contributed by atoms with Crippen molar-refractivity contribution in [3.8, 4) is 0 Å². The van der Waals surface area contributed by atoms with E-state index in [0.29, 0.717) is 11.3 Å². The van der Waals surface area contributed by atoms with Gasteiger partial charge in [-0.2, -0.15) is 0 Å². The fourth-order valence-corrected chi connectivity index (χ4v) is 3.82. The van der Waals surface area contributed by atoms with E-state index >= 15 is 0 Å². The van der Waals surface area contributed by atoms with E-state index in [9.17, 15) is 13.2 Å². The Bertz CT molecular complexity index is 890. The molecule has 1 N–H and O–H groups in total. The van der Waals surface area contributed by atoms with Gasteiger partial charge in [0.2, 0.25) is 0 Å². The predicted octanol–water partition coefficient (Wildman–Crippen LogP) is 3.66. The van der Waals surface area contributed by atoms with E-state index < -0.39 is 10.0 Å². The average molecular weight is 375 g/mol. The van der Waals surface area contributed by atoms with Crippen LogP contribution in [-0.2, 0) is 10.0 Å². The molecule has 0 fully saturated rings. The van der Waals surface area contributed by atoms with Crippen molar-refractivity contribution in [2.45, 2.75) is 45.1 Å². The third kappa shape index (κ3) is 4.25. The minimum absolute atomic E-state index is 0.0899. The average Bonchev–Trinajstić information content (AvgIpc) is 2.61. The quantitative estimate of drug-likeness (QED) is 0.839. The van der Waals surface area contributed by atoms with Gasteiger partial charge in [0, 0.05) is 18.7 Å². The first kappa shape index (κ1) is 20.0. The van der Waals surface area contributed by atoms with Crippen LogP contribution in [0.3, 0.4) is 0 Å². The summed E-state index contributed by atoms with van der Waals surface area (Å²) in [5.74, 6) is -0.155. The normalized spacial score (nSPS) is 12.5. The smallest absolute Gasteiger partial charge is 0.264 e. The summed E-state index contributed by atoms with van der Waals surface area (Å²) >= 11 is 0. The van der Waals surface area contributed by atoms with E-state index in [4.69, 9.17) is 0 Å². The number of benzene rings is 2. The van der Waals surface area contributed by atoms with Crippen molar-refractivity contribution >= 4 is 21.6 Å². The van der Waals surface area contributed by atoms with Crippen molar-refractivity contribution in [1.29, 1.82) is 0 Å². The Hall–Kier alpha value is -2.34. The molecule has 1 atom stereocenters. The molecule has 5 nitrogen and oxygen atoms in total. The number of sulfonamides is 1. The second-order valence-corrected chi connectivity index (χ2v) is 8.54. The maximum absolute atomic E-state index is 12.8. The van der Waals surface area contributed by atoms with E-state index in [2.05, 4.69) is 5.32 Å². The molecule has 0 aromatic heterocycles. The molecule has 0 heterocycles. The number of nitrogens with zero attached hydrogens (tertiary/aromatic N) is 1. The second kappa shape index (κ2) is 7.91. The van der Waals surface area contributed by atoms with Gasteiger partial charge in [0.05, 0.1) is 10.6 Å². The Balaban J connectivity index is 2.31. The molecule has 1 amide bonds. The molecule has 0 saturated heterocycles. The third-order valence-corrected chi connectivity index (χ3v) is 6.25. The maximum atomic E-state index is 12.8. The second-order valence-electron chi connectivity index (χ2n) is 6.57. The Morgan fingerprint density at radius 3 is 2.27 bits per heavy atom. The first-order valence-corrected chi connectivity index (χ1v) is 10.1. The SMILES string of the molecule is CCC(C)NC(=O)c1ccc(N(C)S(=O)(=O)c2ccc(C)cc2)c(C)c1. The number of anilines is 1. The van der Waals surface area contributed by atoms with Crippen LogP contribution >= 0.6 is 0 Å². The lowest BCUT2D eigenvalue weighted by atomic mass is 10.1. The molecular formula is C20H26N2O3S. The molecule has 140 valence electrons. The Kier molecular flexibility index (Phi) is 6.08. The zero-order chi connectivity index (χ0) is 19.5. The fourth-order valence-electron chi connectivity index (χ4n) is 2.56. The standard InChI is InChI=1S/C20H26N2O3S/c1-6-16(4)21-20(23)17-9-12-19(15(3)13-17)22(5)26(24,25)18-10-7-14(2)8-11-18/h7-13,16H,6H2,1-5H3,(H,21,23). The highest BCUT2D eigenvalue weighted by Crippen LogP contribution is 2.26. The lowest BCUT2D eigenvalue weighted by Gasteiger charge is -2.22. The molecule has 6 heteroatoms. The van der Waals surface area contributed by atoms with Gasteiger partial charge in [0.1, 0.15) is 0 Å². The van der Waals surface area contributed by atoms with Crippen LogP contribution in [0.5, 0.6) is 0 Å². The van der Waals surface area contributed by atoms with Crippen molar-refractivity contribution in [3.05, 3.63) is 59.2 Å². The predicted molar refractivity (Wildman–Crippen MR) is 105 cm³/mol. The van der Waals surface area contributed by atoms with E-state index in [1.165, 1.54) is 11.4 Å². The summed E-state index contributed by atoms with van der Waals surface area (Å²) in [5.41, 5.74) is 2.79. The molecule has 0 aliphatic heterocycles. The van der Waals surface area contributed by atoms with Gasteiger partial charge in [-0.15, -0.1) is 0 Å². The molecule has 2 aromatic rings. The van der Waals surface area contributed by atoms with Gasteiger partial charge in [-0.25, -0.2) is 8.42 Å². The minimum atomic E-state index is -3.65. The highest BCUT2D eigenvalue weighted by atomic mass is 32.2. The third-order valence-electron chi connectivity index (χ3n) is 4.47. The first-order chi connectivity index (χ1) is 12.2. The van der Waals surface area contributed by atoms with Crippen molar-refractivity contribution < 1.29 is 13.2 Å². The highest BCUT2D eigenvalue weighted by molar-refractivity contribution is 7.92. The van der Waals surface area contributed by atoms with Crippen LogP contribution < -0.4 is 9.62 Å². The summed E-state index contributed by atoms with van der Waals surface area (Å²) in [5, 5.41) is 2.91. The molecule has 1 unspecified atom stereocenters. The van der Waals surface area contributed by atoms with Gasteiger partial charge in [-0.05, 0) is 63.1 Å². The van der Waals surface area contributed by atoms with E-state index in [-0.39, 0.29) is 16.8 Å². The molecule has 0 spiro atoms.